The molecule has 1 rings (SSSR count). The molecule has 1 N–H and O–H groups in total. The number of hydrogen-bond acceptors (Lipinski definition) is 3. The summed E-state index contributed by atoms with van der Waals surface area (Å²) in [5.41, 5.74) is 0.836. The molecule has 1 aromatic rings. The van der Waals surface area contributed by atoms with Crippen molar-refractivity contribution in [3.63, 3.8) is 0 Å². The van der Waals surface area contributed by atoms with E-state index >= 15 is 0 Å². The van der Waals surface area contributed by atoms with Gasteiger partial charge in [-0.1, -0.05) is 0 Å². The molecule has 0 fully saturated rings. The van der Waals surface area contributed by atoms with Crippen LogP contribution in [-0.2, 0) is 0 Å². The third kappa shape index (κ3) is 1.03. The van der Waals surface area contributed by atoms with Crippen molar-refractivity contribution >= 4 is 0 Å². The van der Waals surface area contributed by atoms with E-state index in [1.165, 1.54) is 13.3 Å². The van der Waals surface area contributed by atoms with Crippen LogP contribution in [0.3, 0.4) is 0 Å². The van der Waals surface area contributed by atoms with Gasteiger partial charge in [0.15, 0.2) is 11.5 Å². The number of hydrogen-bond donors (Lipinski definition) is 1. The Kier molecular flexibility index (Phi) is 1.76. The number of nitrogens with zero attached hydrogens (tertiary/aromatic N) is 1. The maximum atomic E-state index is 9.10. The second kappa shape index (κ2) is 2.56. The van der Waals surface area contributed by atoms with E-state index in [1.807, 2.05) is 6.92 Å². The molecule has 0 aliphatic rings. The zero-order valence-electron chi connectivity index (χ0n) is 5.96. The Hall–Kier alpha value is -1.25. The molecule has 3 heteroatoms. The summed E-state index contributed by atoms with van der Waals surface area (Å²) in [5, 5.41) is 9.10. The fourth-order valence-corrected chi connectivity index (χ4v) is 0.804. The summed E-state index contributed by atoms with van der Waals surface area (Å²) in [6, 6.07) is 0. The fourth-order valence-electron chi connectivity index (χ4n) is 0.804. The molecule has 1 heterocycles. The number of pyridine rings is 1. The molecule has 54 valence electrons. The van der Waals surface area contributed by atoms with Crippen LogP contribution in [0.15, 0.2) is 12.4 Å². The van der Waals surface area contributed by atoms with Gasteiger partial charge in [0.05, 0.1) is 13.3 Å². The summed E-state index contributed by atoms with van der Waals surface area (Å²) in [6.07, 6.45) is 2.99. The quantitative estimate of drug-likeness (QED) is 0.633. The second-order valence-electron chi connectivity index (χ2n) is 2.01. The number of aromatic hydroxyl groups is 1. The average molecular weight is 139 g/mol. The molecular formula is C7H9NO2. The van der Waals surface area contributed by atoms with Crippen LogP contribution in [0.25, 0.3) is 0 Å². The van der Waals surface area contributed by atoms with Crippen molar-refractivity contribution in [3.8, 4) is 11.5 Å². The Morgan fingerprint density at radius 1 is 1.50 bits per heavy atom. The molecule has 0 saturated heterocycles. The van der Waals surface area contributed by atoms with Crippen molar-refractivity contribution in [1.82, 2.24) is 4.98 Å². The van der Waals surface area contributed by atoms with Gasteiger partial charge in [-0.15, -0.1) is 0 Å². The normalized spacial score (nSPS) is 9.40. The van der Waals surface area contributed by atoms with E-state index in [-0.39, 0.29) is 5.75 Å². The van der Waals surface area contributed by atoms with Gasteiger partial charge < -0.3 is 9.84 Å². The molecule has 0 radical (unpaired) electrons. The summed E-state index contributed by atoms with van der Waals surface area (Å²) in [5.74, 6) is 0.581. The Balaban J connectivity index is 3.17. The molecule has 0 saturated carbocycles. The lowest BCUT2D eigenvalue weighted by atomic mass is 10.3. The van der Waals surface area contributed by atoms with Gasteiger partial charge in [0.2, 0.25) is 0 Å². The van der Waals surface area contributed by atoms with Crippen molar-refractivity contribution < 1.29 is 9.84 Å². The third-order valence-electron chi connectivity index (χ3n) is 1.26. The first-order valence-electron chi connectivity index (χ1n) is 2.93. The van der Waals surface area contributed by atoms with Crippen LogP contribution in [-0.4, -0.2) is 17.2 Å². The topological polar surface area (TPSA) is 42.4 Å². The summed E-state index contributed by atoms with van der Waals surface area (Å²) in [6.45, 7) is 1.82. The van der Waals surface area contributed by atoms with Crippen LogP contribution in [0.2, 0.25) is 0 Å². The van der Waals surface area contributed by atoms with Gasteiger partial charge in [-0.25, -0.2) is 0 Å². The van der Waals surface area contributed by atoms with Crippen LogP contribution >= 0.6 is 0 Å². The van der Waals surface area contributed by atoms with E-state index in [0.717, 1.165) is 5.56 Å². The van der Waals surface area contributed by atoms with E-state index in [4.69, 9.17) is 9.84 Å². The number of aromatic nitrogens is 1. The number of methoxy groups -OCH3 is 1. The standard InChI is InChI=1S/C7H9NO2/c1-5-3-8-4-6(9)7(5)10-2/h3-4,9H,1-2H3. The van der Waals surface area contributed by atoms with Crippen LogP contribution in [0.1, 0.15) is 5.56 Å². The van der Waals surface area contributed by atoms with Crippen molar-refractivity contribution in [2.24, 2.45) is 0 Å². The van der Waals surface area contributed by atoms with Crippen molar-refractivity contribution in [2.45, 2.75) is 6.92 Å². The number of rotatable bonds is 1. The molecule has 0 atom stereocenters. The SMILES string of the molecule is COc1c(C)cncc1O. The van der Waals surface area contributed by atoms with Crippen LogP contribution in [0.5, 0.6) is 11.5 Å². The van der Waals surface area contributed by atoms with E-state index in [9.17, 15) is 0 Å². The summed E-state index contributed by atoms with van der Waals surface area (Å²) in [4.78, 5) is 3.76. The largest absolute Gasteiger partial charge is 0.503 e. The molecule has 0 aromatic carbocycles. The van der Waals surface area contributed by atoms with E-state index < -0.39 is 0 Å². The maximum Gasteiger partial charge on any atom is 0.176 e. The minimum atomic E-state index is 0.0856. The summed E-state index contributed by atoms with van der Waals surface area (Å²) < 4.78 is 4.89. The Labute approximate surface area is 59.3 Å². The lowest BCUT2D eigenvalue weighted by Gasteiger charge is -2.03. The van der Waals surface area contributed by atoms with Gasteiger partial charge in [0, 0.05) is 11.8 Å². The molecular weight excluding hydrogens is 130 g/mol. The lowest BCUT2D eigenvalue weighted by molar-refractivity contribution is 0.369. The molecule has 0 aliphatic heterocycles. The average Bonchev–Trinajstić information content (AvgIpc) is 1.88. The Morgan fingerprint density at radius 3 is 2.60 bits per heavy atom. The minimum absolute atomic E-state index is 0.0856. The highest BCUT2D eigenvalue weighted by molar-refractivity contribution is 5.41. The summed E-state index contributed by atoms with van der Waals surface area (Å²) >= 11 is 0. The molecule has 0 spiro atoms. The van der Waals surface area contributed by atoms with Crippen molar-refractivity contribution in [3.05, 3.63) is 18.0 Å². The van der Waals surface area contributed by atoms with Gasteiger partial charge in [-0.3, -0.25) is 4.98 Å². The zero-order chi connectivity index (χ0) is 7.56. The molecule has 0 amide bonds. The molecule has 0 aliphatic carbocycles. The highest BCUT2D eigenvalue weighted by Gasteiger charge is 2.02. The smallest absolute Gasteiger partial charge is 0.176 e. The van der Waals surface area contributed by atoms with Crippen LogP contribution in [0.4, 0.5) is 0 Å². The second-order valence-corrected chi connectivity index (χ2v) is 2.01. The monoisotopic (exact) mass is 139 g/mol. The number of aryl methyl sites for hydroxylation is 1. The van der Waals surface area contributed by atoms with Crippen molar-refractivity contribution in [1.29, 1.82) is 0 Å². The molecule has 3 nitrogen and oxygen atoms in total. The van der Waals surface area contributed by atoms with Crippen LogP contribution < -0.4 is 4.74 Å². The Morgan fingerprint density at radius 2 is 2.20 bits per heavy atom. The van der Waals surface area contributed by atoms with Crippen LogP contribution in [0, 0.1) is 6.92 Å². The predicted octanol–water partition coefficient (Wildman–Crippen LogP) is 1.10. The summed E-state index contributed by atoms with van der Waals surface area (Å²) in [7, 11) is 1.52. The third-order valence-corrected chi connectivity index (χ3v) is 1.26. The van der Waals surface area contributed by atoms with Gasteiger partial charge in [-0.2, -0.15) is 0 Å². The first-order valence-corrected chi connectivity index (χ1v) is 2.93. The zero-order valence-corrected chi connectivity index (χ0v) is 5.96. The van der Waals surface area contributed by atoms with Gasteiger partial charge in [0.1, 0.15) is 0 Å². The maximum absolute atomic E-state index is 9.10. The van der Waals surface area contributed by atoms with Gasteiger partial charge in [-0.05, 0) is 6.92 Å². The van der Waals surface area contributed by atoms with Gasteiger partial charge in [0.25, 0.3) is 0 Å². The Bertz CT molecular complexity index is 215. The molecule has 1 aromatic heterocycles. The first kappa shape index (κ1) is 6.86. The number of ether oxygens (including phenoxy) is 1. The highest BCUT2D eigenvalue weighted by Crippen LogP contribution is 2.26. The van der Waals surface area contributed by atoms with Gasteiger partial charge >= 0.3 is 0 Å². The van der Waals surface area contributed by atoms with E-state index in [0.29, 0.717) is 5.75 Å². The fraction of sp³-hybridized carbons (Fsp3) is 0.286. The lowest BCUT2D eigenvalue weighted by Crippen LogP contribution is -1.87. The van der Waals surface area contributed by atoms with E-state index in [2.05, 4.69) is 4.98 Å². The minimum Gasteiger partial charge on any atom is -0.503 e. The van der Waals surface area contributed by atoms with E-state index in [1.54, 1.807) is 6.20 Å². The molecule has 0 bridgehead atoms. The van der Waals surface area contributed by atoms with Crippen molar-refractivity contribution in [2.75, 3.05) is 7.11 Å². The highest BCUT2D eigenvalue weighted by atomic mass is 16.5. The first-order chi connectivity index (χ1) is 4.75. The molecule has 10 heavy (non-hydrogen) atoms. The molecule has 0 unspecified atom stereocenters. The predicted molar refractivity (Wildman–Crippen MR) is 37.2 cm³/mol.